The Kier molecular flexibility index (Phi) is 3.75. The maximum atomic E-state index is 10.3. The van der Waals surface area contributed by atoms with E-state index in [9.17, 15) is 5.11 Å². The van der Waals surface area contributed by atoms with E-state index in [-0.39, 0.29) is 0 Å². The number of hydrogen-bond donors (Lipinski definition) is 1. The lowest BCUT2D eigenvalue weighted by atomic mass is 10.0. The minimum Gasteiger partial charge on any atom is -0.466 e. The van der Waals surface area contributed by atoms with Crippen molar-refractivity contribution in [3.63, 3.8) is 0 Å². The van der Waals surface area contributed by atoms with Crippen molar-refractivity contribution in [2.24, 2.45) is 0 Å². The second-order valence-electron chi connectivity index (χ2n) is 4.86. The predicted octanol–water partition coefficient (Wildman–Crippen LogP) is 4.46. The van der Waals surface area contributed by atoms with Gasteiger partial charge in [0.25, 0.3) is 0 Å². The molecule has 0 bridgehead atoms. The first kappa shape index (κ1) is 13.5. The third kappa shape index (κ3) is 2.98. The summed E-state index contributed by atoms with van der Waals surface area (Å²) in [6.07, 6.45) is 0.794. The number of furan rings is 1. The predicted molar refractivity (Wildman–Crippen MR) is 80.5 cm³/mol. The molecule has 106 valence electrons. The molecule has 1 aromatic heterocycles. The Balaban J connectivity index is 1.83. The van der Waals surface area contributed by atoms with Gasteiger partial charge in [-0.1, -0.05) is 24.3 Å². The Morgan fingerprint density at radius 1 is 1.00 bits per heavy atom. The smallest absolute Gasteiger partial charge is 0.137 e. The van der Waals surface area contributed by atoms with Crippen molar-refractivity contribution < 1.29 is 14.3 Å². The molecule has 0 aliphatic heterocycles. The molecule has 1 atom stereocenters. The summed E-state index contributed by atoms with van der Waals surface area (Å²) in [5.41, 5.74) is 1.74. The number of benzene rings is 2. The summed E-state index contributed by atoms with van der Waals surface area (Å²) < 4.78 is 11.1. The van der Waals surface area contributed by atoms with Crippen molar-refractivity contribution >= 4 is 0 Å². The lowest BCUT2D eigenvalue weighted by Crippen LogP contribution is -1.99. The summed E-state index contributed by atoms with van der Waals surface area (Å²) >= 11 is 0. The van der Waals surface area contributed by atoms with Gasteiger partial charge in [0.1, 0.15) is 23.4 Å². The molecule has 0 amide bonds. The largest absolute Gasteiger partial charge is 0.466 e. The molecule has 0 saturated heterocycles. The highest BCUT2D eigenvalue weighted by atomic mass is 16.5. The van der Waals surface area contributed by atoms with Gasteiger partial charge < -0.3 is 14.3 Å². The fourth-order valence-corrected chi connectivity index (χ4v) is 2.18. The Hall–Kier alpha value is -2.52. The van der Waals surface area contributed by atoms with E-state index in [1.807, 2.05) is 55.5 Å². The van der Waals surface area contributed by atoms with Crippen molar-refractivity contribution in [3.05, 3.63) is 83.8 Å². The highest BCUT2D eigenvalue weighted by molar-refractivity contribution is 5.41. The second kappa shape index (κ2) is 5.85. The van der Waals surface area contributed by atoms with E-state index in [0.717, 1.165) is 22.6 Å². The van der Waals surface area contributed by atoms with Gasteiger partial charge in [0.2, 0.25) is 0 Å². The normalized spacial score (nSPS) is 12.1. The molecule has 1 heterocycles. The van der Waals surface area contributed by atoms with Crippen LogP contribution in [0.15, 0.2) is 71.3 Å². The quantitative estimate of drug-likeness (QED) is 0.767. The topological polar surface area (TPSA) is 42.6 Å². The molecule has 21 heavy (non-hydrogen) atoms. The number of hydrogen-bond acceptors (Lipinski definition) is 3. The molecule has 3 aromatic rings. The first-order valence-electron chi connectivity index (χ1n) is 6.79. The van der Waals surface area contributed by atoms with Crippen LogP contribution >= 0.6 is 0 Å². The number of para-hydroxylation sites is 1. The van der Waals surface area contributed by atoms with Crippen LogP contribution in [0.2, 0.25) is 0 Å². The van der Waals surface area contributed by atoms with Gasteiger partial charge in [0.05, 0.1) is 6.26 Å². The van der Waals surface area contributed by atoms with Gasteiger partial charge in [-0.15, -0.1) is 0 Å². The SMILES string of the molecule is Cc1cc(C(O)c2ccco2)ccc1Oc1ccccc1. The van der Waals surface area contributed by atoms with Crippen molar-refractivity contribution in [3.8, 4) is 11.5 Å². The van der Waals surface area contributed by atoms with Gasteiger partial charge >= 0.3 is 0 Å². The zero-order valence-electron chi connectivity index (χ0n) is 11.7. The van der Waals surface area contributed by atoms with E-state index in [1.165, 1.54) is 0 Å². The molecule has 0 aliphatic carbocycles. The van der Waals surface area contributed by atoms with Gasteiger partial charge in [0.15, 0.2) is 0 Å². The summed E-state index contributed by atoms with van der Waals surface area (Å²) in [5.74, 6) is 2.10. The Morgan fingerprint density at radius 2 is 1.81 bits per heavy atom. The zero-order chi connectivity index (χ0) is 14.7. The fourth-order valence-electron chi connectivity index (χ4n) is 2.18. The van der Waals surface area contributed by atoms with E-state index in [1.54, 1.807) is 18.4 Å². The molecule has 0 saturated carbocycles. The van der Waals surface area contributed by atoms with E-state index >= 15 is 0 Å². The van der Waals surface area contributed by atoms with Crippen LogP contribution in [0, 0.1) is 6.92 Å². The van der Waals surface area contributed by atoms with Crippen LogP contribution in [-0.2, 0) is 0 Å². The minimum absolute atomic E-state index is 0.533. The van der Waals surface area contributed by atoms with Crippen LogP contribution in [-0.4, -0.2) is 5.11 Å². The minimum atomic E-state index is -0.760. The zero-order valence-corrected chi connectivity index (χ0v) is 11.7. The monoisotopic (exact) mass is 280 g/mol. The fraction of sp³-hybridized carbons (Fsp3) is 0.111. The van der Waals surface area contributed by atoms with Crippen LogP contribution in [0.4, 0.5) is 0 Å². The number of aliphatic hydroxyl groups is 1. The summed E-state index contributed by atoms with van der Waals surface area (Å²) in [6.45, 7) is 1.95. The first-order chi connectivity index (χ1) is 10.2. The van der Waals surface area contributed by atoms with Crippen molar-refractivity contribution in [2.45, 2.75) is 13.0 Å². The average Bonchev–Trinajstić information content (AvgIpc) is 3.04. The van der Waals surface area contributed by atoms with Crippen molar-refractivity contribution in [1.82, 2.24) is 0 Å². The summed E-state index contributed by atoms with van der Waals surface area (Å²) in [4.78, 5) is 0. The molecule has 0 radical (unpaired) electrons. The van der Waals surface area contributed by atoms with Crippen LogP contribution < -0.4 is 4.74 Å². The van der Waals surface area contributed by atoms with Crippen LogP contribution in [0.25, 0.3) is 0 Å². The third-order valence-corrected chi connectivity index (χ3v) is 3.30. The molecule has 0 fully saturated rings. The lowest BCUT2D eigenvalue weighted by molar-refractivity contribution is 0.189. The molecule has 0 spiro atoms. The van der Waals surface area contributed by atoms with E-state index < -0.39 is 6.10 Å². The van der Waals surface area contributed by atoms with Crippen LogP contribution in [0.1, 0.15) is 23.0 Å². The third-order valence-electron chi connectivity index (χ3n) is 3.30. The number of rotatable bonds is 4. The molecular formula is C18H16O3. The van der Waals surface area contributed by atoms with E-state index in [2.05, 4.69) is 0 Å². The maximum Gasteiger partial charge on any atom is 0.137 e. The average molecular weight is 280 g/mol. The lowest BCUT2D eigenvalue weighted by Gasteiger charge is -2.13. The Labute approximate surface area is 123 Å². The molecule has 3 heteroatoms. The number of aryl methyl sites for hydroxylation is 1. The number of ether oxygens (including phenoxy) is 1. The highest BCUT2D eigenvalue weighted by Gasteiger charge is 2.14. The summed E-state index contributed by atoms with van der Waals surface area (Å²) in [5, 5.41) is 10.3. The van der Waals surface area contributed by atoms with E-state index in [0.29, 0.717) is 5.76 Å². The van der Waals surface area contributed by atoms with Gasteiger partial charge in [-0.25, -0.2) is 0 Å². The molecular weight excluding hydrogens is 264 g/mol. The molecule has 1 unspecified atom stereocenters. The molecule has 3 nitrogen and oxygen atoms in total. The standard InChI is InChI=1S/C18H16O3/c1-13-12-14(18(19)17-8-5-11-20-17)9-10-16(13)21-15-6-3-2-4-7-15/h2-12,18-19H,1H3. The van der Waals surface area contributed by atoms with Gasteiger partial charge in [-0.05, 0) is 54.4 Å². The van der Waals surface area contributed by atoms with Gasteiger partial charge in [-0.3, -0.25) is 0 Å². The van der Waals surface area contributed by atoms with E-state index in [4.69, 9.17) is 9.15 Å². The second-order valence-corrected chi connectivity index (χ2v) is 4.86. The van der Waals surface area contributed by atoms with Gasteiger partial charge in [-0.2, -0.15) is 0 Å². The molecule has 2 aromatic carbocycles. The Bertz CT molecular complexity index is 703. The van der Waals surface area contributed by atoms with Gasteiger partial charge in [0, 0.05) is 0 Å². The van der Waals surface area contributed by atoms with Crippen molar-refractivity contribution in [1.29, 1.82) is 0 Å². The Morgan fingerprint density at radius 3 is 2.48 bits per heavy atom. The highest BCUT2D eigenvalue weighted by Crippen LogP contribution is 2.29. The van der Waals surface area contributed by atoms with Crippen LogP contribution in [0.3, 0.4) is 0 Å². The molecule has 3 rings (SSSR count). The number of aliphatic hydroxyl groups excluding tert-OH is 1. The summed E-state index contributed by atoms with van der Waals surface area (Å²) in [7, 11) is 0. The maximum absolute atomic E-state index is 10.3. The molecule has 1 N–H and O–H groups in total. The molecule has 0 aliphatic rings. The summed E-state index contributed by atoms with van der Waals surface area (Å²) in [6, 6.07) is 18.8. The first-order valence-corrected chi connectivity index (χ1v) is 6.79. The van der Waals surface area contributed by atoms with Crippen molar-refractivity contribution in [2.75, 3.05) is 0 Å². The van der Waals surface area contributed by atoms with Crippen LogP contribution in [0.5, 0.6) is 11.5 Å².